The first-order chi connectivity index (χ1) is 16.5. The molecule has 3 amide bonds. The number of carbonyl (C=O) groups is 2. The highest BCUT2D eigenvalue weighted by atomic mass is 35.5. The first kappa shape index (κ1) is 23.7. The number of unbranched alkanes of at least 4 members (excludes halogenated alkanes) is 1. The van der Waals surface area contributed by atoms with Crippen molar-refractivity contribution in [2.24, 2.45) is 17.8 Å². The number of hydrogen-bond acceptors (Lipinski definition) is 4. The van der Waals surface area contributed by atoms with Gasteiger partial charge in [0, 0.05) is 43.5 Å². The quantitative estimate of drug-likeness (QED) is 0.408. The lowest BCUT2D eigenvalue weighted by molar-refractivity contribution is -0.130. The van der Waals surface area contributed by atoms with Gasteiger partial charge in [0.2, 0.25) is 5.91 Å². The zero-order valence-corrected chi connectivity index (χ0v) is 20.7. The van der Waals surface area contributed by atoms with Gasteiger partial charge in [-0.2, -0.15) is 0 Å². The number of urea groups is 1. The Morgan fingerprint density at radius 1 is 1.06 bits per heavy atom. The third kappa shape index (κ3) is 5.46. The predicted octanol–water partition coefficient (Wildman–Crippen LogP) is 3.93. The lowest BCUT2D eigenvalue weighted by Crippen LogP contribution is -2.51. The Morgan fingerprint density at radius 3 is 2.53 bits per heavy atom. The van der Waals surface area contributed by atoms with Crippen LogP contribution in [0, 0.1) is 17.8 Å². The summed E-state index contributed by atoms with van der Waals surface area (Å²) in [5.41, 5.74) is 0.798. The summed E-state index contributed by atoms with van der Waals surface area (Å²) in [6.45, 7) is 4.99. The smallest absolute Gasteiger partial charge is 0.319 e. The summed E-state index contributed by atoms with van der Waals surface area (Å²) in [6, 6.07) is 7.58. The Kier molecular flexibility index (Phi) is 7.21. The van der Waals surface area contributed by atoms with Gasteiger partial charge in [-0.3, -0.25) is 9.69 Å². The fourth-order valence-corrected chi connectivity index (χ4v) is 7.13. The molecule has 6 rings (SSSR count). The number of amides is 3. The predicted molar refractivity (Wildman–Crippen MR) is 133 cm³/mol. The maximum atomic E-state index is 12.7. The monoisotopic (exact) mass is 488 g/mol. The fourth-order valence-electron chi connectivity index (χ4n) is 6.96. The number of hydrogen-bond donors (Lipinski definition) is 2. The standard InChI is InChI=1S/C26H37ClN4O3/c27-18-24(32)31-9-7-30(8-10-31)6-1-2-11-34-23-5-3-4-22(14-23)28-25(33)29-26-15-19-12-20(16-26)21(13-19)17-26/h3-5,14,19-21H,1-2,6-13,15-18H2,(H2,28,29,33). The Hall–Kier alpha value is -1.99. The van der Waals surface area contributed by atoms with Gasteiger partial charge in [-0.15, -0.1) is 11.6 Å². The van der Waals surface area contributed by atoms with Crippen molar-refractivity contribution in [1.29, 1.82) is 0 Å². The van der Waals surface area contributed by atoms with Crippen LogP contribution >= 0.6 is 11.6 Å². The first-order valence-electron chi connectivity index (χ1n) is 12.9. The van der Waals surface area contributed by atoms with Gasteiger partial charge < -0.3 is 20.3 Å². The molecule has 8 heteroatoms. The molecular formula is C26H37ClN4O3. The highest BCUT2D eigenvalue weighted by Gasteiger charge is 2.56. The van der Waals surface area contributed by atoms with Gasteiger partial charge in [-0.05, 0) is 81.4 Å². The largest absolute Gasteiger partial charge is 0.494 e. The van der Waals surface area contributed by atoms with E-state index in [1.54, 1.807) is 0 Å². The van der Waals surface area contributed by atoms with Crippen molar-refractivity contribution in [3.63, 3.8) is 0 Å². The second-order valence-electron chi connectivity index (χ2n) is 10.8. The molecule has 4 bridgehead atoms. The molecule has 0 radical (unpaired) electrons. The van der Waals surface area contributed by atoms with E-state index < -0.39 is 0 Å². The molecule has 2 unspecified atom stereocenters. The summed E-state index contributed by atoms with van der Waals surface area (Å²) in [5.74, 6) is 3.37. The van der Waals surface area contributed by atoms with Crippen molar-refractivity contribution in [3.05, 3.63) is 24.3 Å². The summed E-state index contributed by atoms with van der Waals surface area (Å²) in [7, 11) is 0. The molecular weight excluding hydrogens is 452 g/mol. The number of ether oxygens (including phenoxy) is 1. The number of anilines is 1. The molecule has 4 aliphatic carbocycles. The molecule has 1 saturated heterocycles. The number of halogens is 1. The van der Waals surface area contributed by atoms with Gasteiger partial charge in [-0.25, -0.2) is 4.79 Å². The highest BCUT2D eigenvalue weighted by Crippen LogP contribution is 2.59. The molecule has 0 aromatic heterocycles. The van der Waals surface area contributed by atoms with Crippen LogP contribution < -0.4 is 15.4 Å². The molecule has 1 heterocycles. The van der Waals surface area contributed by atoms with Crippen LogP contribution in [0.5, 0.6) is 5.75 Å². The molecule has 1 aliphatic heterocycles. The van der Waals surface area contributed by atoms with E-state index in [-0.39, 0.29) is 23.4 Å². The minimum atomic E-state index is -0.0908. The second kappa shape index (κ2) is 10.3. The number of piperazine rings is 1. The lowest BCUT2D eigenvalue weighted by Gasteiger charge is -2.39. The summed E-state index contributed by atoms with van der Waals surface area (Å²) < 4.78 is 5.94. The molecule has 0 spiro atoms. The molecule has 34 heavy (non-hydrogen) atoms. The van der Waals surface area contributed by atoms with Crippen molar-refractivity contribution in [2.45, 2.75) is 50.5 Å². The van der Waals surface area contributed by atoms with Gasteiger partial charge in [-0.1, -0.05) is 6.07 Å². The van der Waals surface area contributed by atoms with Crippen LogP contribution in [-0.4, -0.2) is 72.5 Å². The van der Waals surface area contributed by atoms with E-state index in [9.17, 15) is 9.59 Å². The van der Waals surface area contributed by atoms with Crippen LogP contribution in [0.15, 0.2) is 24.3 Å². The third-order valence-corrected chi connectivity index (χ3v) is 8.60. The third-order valence-electron chi connectivity index (χ3n) is 8.37. The van der Waals surface area contributed by atoms with E-state index >= 15 is 0 Å². The van der Waals surface area contributed by atoms with Gasteiger partial charge in [0.15, 0.2) is 0 Å². The van der Waals surface area contributed by atoms with Gasteiger partial charge >= 0.3 is 6.03 Å². The van der Waals surface area contributed by atoms with E-state index in [2.05, 4.69) is 15.5 Å². The number of nitrogens with zero attached hydrogens (tertiary/aromatic N) is 2. The number of rotatable bonds is 9. The molecule has 2 atom stereocenters. The molecule has 5 fully saturated rings. The fraction of sp³-hybridized carbons (Fsp3) is 0.692. The second-order valence-corrected chi connectivity index (χ2v) is 11.0. The zero-order chi connectivity index (χ0) is 23.5. The van der Waals surface area contributed by atoms with E-state index in [0.717, 1.165) is 94.0 Å². The van der Waals surface area contributed by atoms with Crippen molar-refractivity contribution >= 4 is 29.2 Å². The summed E-state index contributed by atoms with van der Waals surface area (Å²) in [6.07, 6.45) is 8.23. The SMILES string of the molecule is O=C(Nc1cccc(OCCCCN2CCN(C(=O)CCl)CC2)c1)NC12CC3CC(C1)C(C3)C2. The van der Waals surface area contributed by atoms with Crippen LogP contribution in [-0.2, 0) is 4.79 Å². The van der Waals surface area contributed by atoms with Gasteiger partial charge in [0.1, 0.15) is 11.6 Å². The summed E-state index contributed by atoms with van der Waals surface area (Å²) >= 11 is 5.64. The van der Waals surface area contributed by atoms with Crippen molar-refractivity contribution in [3.8, 4) is 5.75 Å². The van der Waals surface area contributed by atoms with Crippen LogP contribution in [0.2, 0.25) is 0 Å². The van der Waals surface area contributed by atoms with E-state index in [1.807, 2.05) is 29.2 Å². The summed E-state index contributed by atoms with van der Waals surface area (Å²) in [4.78, 5) is 28.6. The van der Waals surface area contributed by atoms with E-state index in [0.29, 0.717) is 6.61 Å². The summed E-state index contributed by atoms with van der Waals surface area (Å²) in [5, 5.41) is 6.36. The molecule has 186 valence electrons. The topological polar surface area (TPSA) is 73.9 Å². The molecule has 4 saturated carbocycles. The minimum Gasteiger partial charge on any atom is -0.494 e. The minimum absolute atomic E-state index is 0.0287. The Bertz CT molecular complexity index is 869. The number of carbonyl (C=O) groups excluding carboxylic acids is 2. The highest BCUT2D eigenvalue weighted by molar-refractivity contribution is 6.27. The molecule has 1 aromatic carbocycles. The van der Waals surface area contributed by atoms with Crippen molar-refractivity contribution < 1.29 is 14.3 Å². The molecule has 7 nitrogen and oxygen atoms in total. The van der Waals surface area contributed by atoms with E-state index in [1.165, 1.54) is 12.8 Å². The van der Waals surface area contributed by atoms with Crippen LogP contribution in [0.25, 0.3) is 0 Å². The number of nitrogens with one attached hydrogen (secondary N) is 2. The number of benzene rings is 1. The van der Waals surface area contributed by atoms with Crippen molar-refractivity contribution in [1.82, 2.24) is 15.1 Å². The molecule has 5 aliphatic rings. The zero-order valence-electron chi connectivity index (χ0n) is 19.9. The van der Waals surface area contributed by atoms with Crippen LogP contribution in [0.3, 0.4) is 0 Å². The Morgan fingerprint density at radius 2 is 1.82 bits per heavy atom. The van der Waals surface area contributed by atoms with Crippen LogP contribution in [0.4, 0.5) is 10.5 Å². The van der Waals surface area contributed by atoms with Gasteiger partial charge in [0.25, 0.3) is 0 Å². The molecule has 2 N–H and O–H groups in total. The van der Waals surface area contributed by atoms with Gasteiger partial charge in [0.05, 0.1) is 6.61 Å². The number of alkyl halides is 1. The average molecular weight is 489 g/mol. The lowest BCUT2D eigenvalue weighted by atomic mass is 9.76. The maximum Gasteiger partial charge on any atom is 0.319 e. The average Bonchev–Trinajstić information content (AvgIpc) is 3.24. The Balaban J connectivity index is 0.996. The maximum absolute atomic E-state index is 12.7. The normalized spacial score (nSPS) is 29.9. The first-order valence-corrected chi connectivity index (χ1v) is 13.4. The molecule has 1 aromatic rings. The Labute approximate surface area is 207 Å². The van der Waals surface area contributed by atoms with Crippen LogP contribution in [0.1, 0.15) is 44.9 Å². The van der Waals surface area contributed by atoms with E-state index in [4.69, 9.17) is 16.3 Å². The van der Waals surface area contributed by atoms with Crippen molar-refractivity contribution in [2.75, 3.05) is 50.5 Å².